The first-order chi connectivity index (χ1) is 31.7. The first-order valence-corrected chi connectivity index (χ1v) is 21.6. The Morgan fingerprint density at radius 2 is 0.922 bits per heavy atom. The molecule has 5 nitrogen and oxygen atoms in total. The topological polar surface area (TPSA) is 60.8 Å². The maximum atomic E-state index is 6.97. The van der Waals surface area contributed by atoms with Crippen LogP contribution in [0.1, 0.15) is 22.3 Å². The molecule has 0 fully saturated rings. The van der Waals surface area contributed by atoms with Crippen LogP contribution >= 0.6 is 0 Å². The van der Waals surface area contributed by atoms with Crippen LogP contribution in [0.3, 0.4) is 0 Å². The van der Waals surface area contributed by atoms with Gasteiger partial charge in [-0.2, -0.15) is 0 Å². The van der Waals surface area contributed by atoms with Gasteiger partial charge in [-0.1, -0.05) is 140 Å². The first-order valence-electron chi connectivity index (χ1n) is 21.6. The van der Waals surface area contributed by atoms with Crippen LogP contribution in [0.15, 0.2) is 219 Å². The van der Waals surface area contributed by atoms with Gasteiger partial charge in [-0.05, 0) is 117 Å². The van der Waals surface area contributed by atoms with Gasteiger partial charge in [-0.3, -0.25) is 9.97 Å². The SMILES string of the molecule is c1ccc(-c2cc(-c3ccc(-c4cccc(-c5nc6ccccc6c6cc7c(cc56)Oc5ccccc5C75c6ccccc6-c6ccccc65)c4)cc3)cc(-c3ccccn3)n2)nc1. The van der Waals surface area contributed by atoms with Gasteiger partial charge in [-0.15, -0.1) is 0 Å². The molecule has 0 N–H and O–H groups in total. The maximum absolute atomic E-state index is 6.97. The van der Waals surface area contributed by atoms with Crippen molar-refractivity contribution in [3.8, 4) is 78.9 Å². The van der Waals surface area contributed by atoms with E-state index in [1.54, 1.807) is 12.4 Å². The molecule has 0 unspecified atom stereocenters. The minimum absolute atomic E-state index is 0.557. The molecule has 2 aliphatic rings. The highest BCUT2D eigenvalue weighted by atomic mass is 16.5. The number of fused-ring (bicyclic) bond motifs is 12. The Bertz CT molecular complexity index is 3540. The molecule has 7 aromatic carbocycles. The van der Waals surface area contributed by atoms with Crippen molar-refractivity contribution in [2.75, 3.05) is 0 Å². The molecule has 0 bridgehead atoms. The van der Waals surface area contributed by atoms with E-state index in [1.807, 2.05) is 36.4 Å². The lowest BCUT2D eigenvalue weighted by Crippen LogP contribution is -2.32. The average Bonchev–Trinajstić information content (AvgIpc) is 3.66. The fourth-order valence-electron chi connectivity index (χ4n) is 10.2. The predicted molar refractivity (Wildman–Crippen MR) is 257 cm³/mol. The fourth-order valence-corrected chi connectivity index (χ4v) is 10.2. The quantitative estimate of drug-likeness (QED) is 0.162. The summed E-state index contributed by atoms with van der Waals surface area (Å²) in [6.45, 7) is 0. The highest BCUT2D eigenvalue weighted by Gasteiger charge is 2.51. The van der Waals surface area contributed by atoms with Crippen LogP contribution in [-0.2, 0) is 5.41 Å². The number of nitrogens with zero attached hydrogens (tertiary/aromatic N) is 4. The van der Waals surface area contributed by atoms with Crippen molar-refractivity contribution >= 4 is 21.7 Å². The number of para-hydroxylation sites is 2. The van der Waals surface area contributed by atoms with E-state index in [9.17, 15) is 0 Å². The van der Waals surface area contributed by atoms with E-state index in [0.29, 0.717) is 0 Å². The van der Waals surface area contributed by atoms with Gasteiger partial charge < -0.3 is 4.74 Å². The number of hydrogen-bond acceptors (Lipinski definition) is 5. The highest BCUT2D eigenvalue weighted by Crippen LogP contribution is 2.62. The largest absolute Gasteiger partial charge is 0.457 e. The molecule has 0 amide bonds. The number of hydrogen-bond donors (Lipinski definition) is 0. The third kappa shape index (κ3) is 5.51. The molecule has 64 heavy (non-hydrogen) atoms. The van der Waals surface area contributed by atoms with E-state index in [2.05, 4.69) is 180 Å². The molecule has 1 aliphatic carbocycles. The maximum Gasteiger partial charge on any atom is 0.132 e. The third-order valence-corrected chi connectivity index (χ3v) is 13.0. The summed E-state index contributed by atoms with van der Waals surface area (Å²) in [4.78, 5) is 19.6. The van der Waals surface area contributed by atoms with E-state index in [0.717, 1.165) is 101 Å². The van der Waals surface area contributed by atoms with Crippen molar-refractivity contribution in [1.29, 1.82) is 0 Å². The molecule has 1 spiro atoms. The van der Waals surface area contributed by atoms with E-state index in [-0.39, 0.29) is 0 Å². The summed E-state index contributed by atoms with van der Waals surface area (Å²) in [7, 11) is 0. The van der Waals surface area contributed by atoms with Crippen molar-refractivity contribution in [3.63, 3.8) is 0 Å². The number of aromatic nitrogens is 4. The van der Waals surface area contributed by atoms with Crippen molar-refractivity contribution in [2.45, 2.75) is 5.41 Å². The summed E-state index contributed by atoms with van der Waals surface area (Å²) in [5.41, 5.74) is 17.3. The Labute approximate surface area is 370 Å². The summed E-state index contributed by atoms with van der Waals surface area (Å²) >= 11 is 0. The molecule has 0 atom stereocenters. The molecule has 5 heteroatoms. The van der Waals surface area contributed by atoms with Crippen LogP contribution < -0.4 is 4.74 Å². The van der Waals surface area contributed by atoms with Crippen LogP contribution in [0.25, 0.3) is 89.1 Å². The normalized spacial score (nSPS) is 12.9. The minimum atomic E-state index is -0.557. The molecular formula is C59H36N4O. The lowest BCUT2D eigenvalue weighted by Gasteiger charge is -2.39. The van der Waals surface area contributed by atoms with E-state index < -0.39 is 5.41 Å². The van der Waals surface area contributed by atoms with E-state index in [1.165, 1.54) is 22.3 Å². The molecule has 13 rings (SSSR count). The monoisotopic (exact) mass is 816 g/mol. The van der Waals surface area contributed by atoms with Gasteiger partial charge in [0, 0.05) is 39.9 Å². The summed E-state index contributed by atoms with van der Waals surface area (Å²) in [6, 6.07) is 73.0. The summed E-state index contributed by atoms with van der Waals surface area (Å²) in [6.07, 6.45) is 3.60. The van der Waals surface area contributed by atoms with Crippen molar-refractivity contribution in [3.05, 3.63) is 241 Å². The summed E-state index contributed by atoms with van der Waals surface area (Å²) in [5.74, 6) is 1.71. The number of pyridine rings is 4. The van der Waals surface area contributed by atoms with Gasteiger partial charge in [0.1, 0.15) is 11.5 Å². The Morgan fingerprint density at radius 1 is 0.328 bits per heavy atom. The van der Waals surface area contributed by atoms with Crippen LogP contribution in [0, 0.1) is 0 Å². The highest BCUT2D eigenvalue weighted by molar-refractivity contribution is 6.12. The summed E-state index contributed by atoms with van der Waals surface area (Å²) < 4.78 is 6.97. The molecule has 0 saturated carbocycles. The smallest absolute Gasteiger partial charge is 0.132 e. The zero-order valence-electron chi connectivity index (χ0n) is 34.5. The number of ether oxygens (including phenoxy) is 1. The average molecular weight is 817 g/mol. The van der Waals surface area contributed by atoms with Crippen molar-refractivity contribution in [1.82, 2.24) is 19.9 Å². The van der Waals surface area contributed by atoms with Crippen LogP contribution in [0.4, 0.5) is 0 Å². The second-order valence-electron chi connectivity index (χ2n) is 16.5. The second kappa shape index (κ2) is 14.3. The van der Waals surface area contributed by atoms with Gasteiger partial charge >= 0.3 is 0 Å². The van der Waals surface area contributed by atoms with Crippen LogP contribution in [-0.4, -0.2) is 19.9 Å². The lowest BCUT2D eigenvalue weighted by atomic mass is 9.65. The molecule has 5 heterocycles. The van der Waals surface area contributed by atoms with Gasteiger partial charge in [0.25, 0.3) is 0 Å². The Balaban J connectivity index is 0.951. The van der Waals surface area contributed by atoms with Gasteiger partial charge in [0.15, 0.2) is 0 Å². The zero-order chi connectivity index (χ0) is 42.2. The standard InChI is InChI=1S/C59H36N4O/c1-4-19-47-42(16-1)43-17-2-5-20-48(43)59(47)49-21-6-8-25-56(49)64-57-36-46-45(35-50(57)59)44-18-3-7-22-51(44)63-58(46)40-15-13-14-39(32-40)37-26-28-38(29-27-37)41-33-54(52-23-9-11-30-60-52)62-55(34-41)53-24-10-12-31-61-53/h1-36H. The number of rotatable bonds is 5. The fraction of sp³-hybridized carbons (Fsp3) is 0.0169. The zero-order valence-corrected chi connectivity index (χ0v) is 34.5. The third-order valence-electron chi connectivity index (χ3n) is 13.0. The van der Waals surface area contributed by atoms with Crippen molar-refractivity contribution < 1.29 is 4.74 Å². The second-order valence-corrected chi connectivity index (χ2v) is 16.5. The Hall–Kier alpha value is -8.54. The molecule has 298 valence electrons. The van der Waals surface area contributed by atoms with E-state index >= 15 is 0 Å². The van der Waals surface area contributed by atoms with E-state index in [4.69, 9.17) is 14.7 Å². The van der Waals surface area contributed by atoms with Crippen LogP contribution in [0.2, 0.25) is 0 Å². The molecule has 0 saturated heterocycles. The number of benzene rings is 7. The predicted octanol–water partition coefficient (Wildman–Crippen LogP) is 14.4. The Kier molecular flexibility index (Phi) is 8.06. The van der Waals surface area contributed by atoms with Crippen LogP contribution in [0.5, 0.6) is 11.5 Å². The molecule has 4 aromatic heterocycles. The molecule has 0 radical (unpaired) electrons. The molecular weight excluding hydrogens is 781 g/mol. The van der Waals surface area contributed by atoms with Crippen molar-refractivity contribution in [2.24, 2.45) is 0 Å². The lowest BCUT2D eigenvalue weighted by molar-refractivity contribution is 0.437. The van der Waals surface area contributed by atoms with Gasteiger partial charge in [-0.25, -0.2) is 9.97 Å². The van der Waals surface area contributed by atoms with Gasteiger partial charge in [0.2, 0.25) is 0 Å². The molecule has 1 aliphatic heterocycles. The molecule has 11 aromatic rings. The minimum Gasteiger partial charge on any atom is -0.457 e. The Morgan fingerprint density at radius 3 is 1.61 bits per heavy atom. The first kappa shape index (κ1) is 36.1. The van der Waals surface area contributed by atoms with Gasteiger partial charge in [0.05, 0.1) is 39.4 Å². The summed E-state index contributed by atoms with van der Waals surface area (Å²) in [5, 5.41) is 3.30.